The Morgan fingerprint density at radius 1 is 1.36 bits per heavy atom. The van der Waals surface area contributed by atoms with Crippen molar-refractivity contribution in [2.75, 3.05) is 6.61 Å². The molecule has 0 unspecified atom stereocenters. The van der Waals surface area contributed by atoms with Gasteiger partial charge < -0.3 is 9.47 Å². The number of hydrogen-bond acceptors (Lipinski definition) is 6. The zero-order valence-electron chi connectivity index (χ0n) is 12.0. The van der Waals surface area contributed by atoms with E-state index in [1.807, 2.05) is 0 Å². The van der Waals surface area contributed by atoms with E-state index < -0.39 is 16.7 Å². The summed E-state index contributed by atoms with van der Waals surface area (Å²) >= 11 is 0. The predicted octanol–water partition coefficient (Wildman–Crippen LogP) is 2.37. The molecule has 1 aliphatic heterocycles. The molecule has 0 saturated carbocycles. The molecule has 22 heavy (non-hydrogen) atoms. The summed E-state index contributed by atoms with van der Waals surface area (Å²) in [6.07, 6.45) is 1.42. The second-order valence-corrected chi connectivity index (χ2v) is 4.44. The lowest BCUT2D eigenvalue weighted by Crippen LogP contribution is -2.14. The number of Topliss-reactive ketones (excluding diaryl/α,β-unsaturated/α-hetero) is 1. The monoisotopic (exact) mass is 303 g/mol. The fourth-order valence-corrected chi connectivity index (χ4v) is 1.92. The summed E-state index contributed by atoms with van der Waals surface area (Å²) in [6, 6.07) is 5.61. The average Bonchev–Trinajstić information content (AvgIpc) is 2.74. The van der Waals surface area contributed by atoms with Crippen molar-refractivity contribution in [2.24, 2.45) is 0 Å². The molecule has 1 heterocycles. The van der Waals surface area contributed by atoms with Crippen LogP contribution < -0.4 is 0 Å². The molecule has 2 rings (SSSR count). The first-order valence-corrected chi connectivity index (χ1v) is 6.50. The lowest BCUT2D eigenvalue weighted by molar-refractivity contribution is -0.384. The van der Waals surface area contributed by atoms with E-state index in [4.69, 9.17) is 9.47 Å². The molecule has 0 amide bonds. The molecular weight excluding hydrogens is 290 g/mol. The molecule has 7 heteroatoms. The summed E-state index contributed by atoms with van der Waals surface area (Å²) < 4.78 is 10.1. The van der Waals surface area contributed by atoms with Crippen molar-refractivity contribution in [3.8, 4) is 0 Å². The molecule has 7 nitrogen and oxygen atoms in total. The highest BCUT2D eigenvalue weighted by molar-refractivity contribution is 6.26. The zero-order chi connectivity index (χ0) is 16.3. The van der Waals surface area contributed by atoms with E-state index in [1.54, 1.807) is 6.92 Å². The lowest BCUT2D eigenvalue weighted by atomic mass is 10.1. The third-order valence-electron chi connectivity index (χ3n) is 2.95. The smallest absolute Gasteiger partial charge is 0.345 e. The van der Waals surface area contributed by atoms with E-state index in [-0.39, 0.29) is 29.4 Å². The van der Waals surface area contributed by atoms with Crippen LogP contribution in [0.5, 0.6) is 0 Å². The molecule has 114 valence electrons. The first kappa shape index (κ1) is 15.4. The van der Waals surface area contributed by atoms with Gasteiger partial charge in [0.05, 0.1) is 11.5 Å². The maximum atomic E-state index is 12.2. The van der Waals surface area contributed by atoms with E-state index in [0.717, 1.165) is 0 Å². The second-order valence-electron chi connectivity index (χ2n) is 4.44. The van der Waals surface area contributed by atoms with E-state index in [1.165, 1.54) is 37.3 Å². The van der Waals surface area contributed by atoms with Gasteiger partial charge in [0.25, 0.3) is 5.69 Å². The van der Waals surface area contributed by atoms with Gasteiger partial charge in [-0.2, -0.15) is 0 Å². The number of carbonyl (C=O) groups is 2. The number of non-ortho nitro benzene ring substituents is 1. The summed E-state index contributed by atoms with van der Waals surface area (Å²) in [6.45, 7) is 3.30. The normalized spacial score (nSPS) is 15.9. The molecule has 0 saturated heterocycles. The summed E-state index contributed by atoms with van der Waals surface area (Å²) in [5.74, 6) is -1.13. The second kappa shape index (κ2) is 6.21. The van der Waals surface area contributed by atoms with Crippen molar-refractivity contribution in [2.45, 2.75) is 13.8 Å². The molecule has 0 aromatic heterocycles. The highest BCUT2D eigenvalue weighted by Gasteiger charge is 2.34. The molecule has 0 atom stereocenters. The third-order valence-corrected chi connectivity index (χ3v) is 2.95. The fourth-order valence-electron chi connectivity index (χ4n) is 1.92. The Morgan fingerprint density at radius 3 is 2.55 bits per heavy atom. The predicted molar refractivity (Wildman–Crippen MR) is 76.5 cm³/mol. The first-order chi connectivity index (χ1) is 10.4. The molecule has 0 fully saturated rings. The van der Waals surface area contributed by atoms with Crippen LogP contribution in [-0.4, -0.2) is 23.3 Å². The molecule has 0 bridgehead atoms. The Bertz CT molecular complexity index is 699. The van der Waals surface area contributed by atoms with Gasteiger partial charge in [-0.05, 0) is 37.6 Å². The van der Waals surface area contributed by atoms with Gasteiger partial charge in [-0.3, -0.25) is 14.9 Å². The van der Waals surface area contributed by atoms with Crippen LogP contribution in [0.1, 0.15) is 19.4 Å². The Labute approximate surface area is 126 Å². The van der Waals surface area contributed by atoms with Crippen molar-refractivity contribution in [1.29, 1.82) is 0 Å². The number of benzene rings is 1. The Balaban J connectivity index is 2.23. The minimum absolute atomic E-state index is 0.0191. The minimum atomic E-state index is -0.725. The van der Waals surface area contributed by atoms with Gasteiger partial charge in [0, 0.05) is 12.1 Å². The van der Waals surface area contributed by atoms with Crippen LogP contribution in [0.15, 0.2) is 41.4 Å². The summed E-state index contributed by atoms with van der Waals surface area (Å²) in [5.41, 5.74) is 0.365. The average molecular weight is 303 g/mol. The third kappa shape index (κ3) is 3.03. The molecule has 0 spiro atoms. The number of nitro benzene ring substituents is 1. The Kier molecular flexibility index (Phi) is 4.36. The summed E-state index contributed by atoms with van der Waals surface area (Å²) in [4.78, 5) is 33.9. The van der Waals surface area contributed by atoms with Crippen LogP contribution in [0, 0.1) is 10.1 Å². The number of ketones is 1. The van der Waals surface area contributed by atoms with E-state index in [2.05, 4.69) is 0 Å². The van der Waals surface area contributed by atoms with E-state index >= 15 is 0 Å². The molecule has 0 N–H and O–H groups in total. The van der Waals surface area contributed by atoms with Crippen LogP contribution in [0.4, 0.5) is 5.69 Å². The molecular formula is C15H13NO6. The number of nitro groups is 1. The van der Waals surface area contributed by atoms with E-state index in [9.17, 15) is 19.7 Å². The van der Waals surface area contributed by atoms with Crippen molar-refractivity contribution in [3.05, 3.63) is 57.0 Å². The SMILES string of the molecule is CCOC(=O)C1=C(C)O/C(=C\c2ccc([N+](=O)[O-])cc2)C1=O. The number of allylic oxidation sites excluding steroid dienone is 2. The number of rotatable bonds is 4. The van der Waals surface area contributed by atoms with Gasteiger partial charge >= 0.3 is 5.97 Å². The van der Waals surface area contributed by atoms with E-state index in [0.29, 0.717) is 5.56 Å². The van der Waals surface area contributed by atoms with Gasteiger partial charge in [-0.1, -0.05) is 0 Å². The zero-order valence-corrected chi connectivity index (χ0v) is 12.0. The topological polar surface area (TPSA) is 95.7 Å². The van der Waals surface area contributed by atoms with Crippen LogP contribution in [0.25, 0.3) is 6.08 Å². The highest BCUT2D eigenvalue weighted by Crippen LogP contribution is 2.27. The lowest BCUT2D eigenvalue weighted by Gasteiger charge is -1.99. The van der Waals surface area contributed by atoms with Crippen molar-refractivity contribution >= 4 is 23.5 Å². The number of nitrogens with zero attached hydrogens (tertiary/aromatic N) is 1. The standard InChI is InChI=1S/C15H13NO6/c1-3-21-15(18)13-9(2)22-12(14(13)17)8-10-4-6-11(7-5-10)16(19)20/h4-8H,3H2,1-2H3/b12-8-. The number of ether oxygens (including phenoxy) is 2. The first-order valence-electron chi connectivity index (χ1n) is 6.50. The quantitative estimate of drug-likeness (QED) is 0.278. The molecule has 1 aliphatic rings. The summed E-state index contributed by atoms with van der Waals surface area (Å²) in [7, 11) is 0. The number of esters is 1. The van der Waals surface area contributed by atoms with Gasteiger partial charge in [-0.25, -0.2) is 4.79 Å². The van der Waals surface area contributed by atoms with Crippen LogP contribution in [0.2, 0.25) is 0 Å². The number of hydrogen-bond donors (Lipinski definition) is 0. The van der Waals surface area contributed by atoms with Crippen molar-refractivity contribution < 1.29 is 24.0 Å². The molecule has 0 aliphatic carbocycles. The van der Waals surface area contributed by atoms with Crippen molar-refractivity contribution in [1.82, 2.24) is 0 Å². The van der Waals surface area contributed by atoms with Gasteiger partial charge in [0.15, 0.2) is 5.76 Å². The largest absolute Gasteiger partial charge is 0.462 e. The highest BCUT2D eigenvalue weighted by atomic mass is 16.6. The summed E-state index contributed by atoms with van der Waals surface area (Å²) in [5, 5.41) is 10.6. The van der Waals surface area contributed by atoms with Crippen molar-refractivity contribution in [3.63, 3.8) is 0 Å². The maximum absolute atomic E-state index is 12.2. The van der Waals surface area contributed by atoms with Gasteiger partial charge in [-0.15, -0.1) is 0 Å². The molecule has 0 radical (unpaired) electrons. The van der Waals surface area contributed by atoms with Crippen LogP contribution in [0.3, 0.4) is 0 Å². The Morgan fingerprint density at radius 2 is 2.00 bits per heavy atom. The molecule has 1 aromatic carbocycles. The van der Waals surface area contributed by atoms with Gasteiger partial charge in [0.1, 0.15) is 11.3 Å². The minimum Gasteiger partial charge on any atom is -0.462 e. The maximum Gasteiger partial charge on any atom is 0.345 e. The van der Waals surface area contributed by atoms with Gasteiger partial charge in [0.2, 0.25) is 5.78 Å². The fraction of sp³-hybridized carbons (Fsp3) is 0.200. The molecule has 1 aromatic rings. The van der Waals surface area contributed by atoms with Crippen LogP contribution in [-0.2, 0) is 19.1 Å². The van der Waals surface area contributed by atoms with Crippen LogP contribution >= 0.6 is 0 Å². The Hall–Kier alpha value is -2.96. The number of carbonyl (C=O) groups excluding carboxylic acids is 2.